The lowest BCUT2D eigenvalue weighted by molar-refractivity contribution is -0.0200. The molecule has 108 valence electrons. The molecule has 0 aromatic rings. The minimum Gasteiger partial charge on any atom is -0.380 e. The van der Waals surface area contributed by atoms with Gasteiger partial charge in [-0.15, -0.1) is 0 Å². The summed E-state index contributed by atoms with van der Waals surface area (Å²) in [5, 5.41) is 3.58. The van der Waals surface area contributed by atoms with E-state index < -0.39 is 0 Å². The number of nitrogens with zero attached hydrogens (tertiary/aromatic N) is 1. The Kier molecular flexibility index (Phi) is 7.87. The minimum absolute atomic E-state index is 0.421. The zero-order chi connectivity index (χ0) is 13.4. The molecule has 0 aromatic heterocycles. The van der Waals surface area contributed by atoms with Gasteiger partial charge in [0.25, 0.3) is 0 Å². The van der Waals surface area contributed by atoms with Crippen LogP contribution in [0.25, 0.3) is 0 Å². The first-order valence-electron chi connectivity index (χ1n) is 7.70. The Morgan fingerprint density at radius 2 is 2.11 bits per heavy atom. The molecule has 3 nitrogen and oxygen atoms in total. The van der Waals surface area contributed by atoms with Crippen molar-refractivity contribution in [3.05, 3.63) is 0 Å². The molecular formula is C15H32N2O. The van der Waals surface area contributed by atoms with Crippen molar-refractivity contribution < 1.29 is 4.74 Å². The van der Waals surface area contributed by atoms with Gasteiger partial charge in [0.1, 0.15) is 0 Å². The first-order valence-corrected chi connectivity index (χ1v) is 7.70. The lowest BCUT2D eigenvalue weighted by atomic mass is 9.94. The average Bonchev–Trinajstić information content (AvgIpc) is 2.39. The molecule has 0 bridgehead atoms. The van der Waals surface area contributed by atoms with Crippen LogP contribution in [0.3, 0.4) is 0 Å². The molecule has 0 aliphatic carbocycles. The third-order valence-electron chi connectivity index (χ3n) is 4.17. The van der Waals surface area contributed by atoms with Gasteiger partial charge in [0.15, 0.2) is 0 Å². The smallest absolute Gasteiger partial charge is 0.0724 e. The van der Waals surface area contributed by atoms with E-state index in [1.165, 1.54) is 32.2 Å². The maximum atomic E-state index is 5.63. The minimum atomic E-state index is 0.421. The van der Waals surface area contributed by atoms with E-state index in [-0.39, 0.29) is 0 Å². The second kappa shape index (κ2) is 8.89. The Labute approximate surface area is 113 Å². The maximum absolute atomic E-state index is 5.63. The Morgan fingerprint density at radius 3 is 2.72 bits per heavy atom. The van der Waals surface area contributed by atoms with Crippen molar-refractivity contribution in [2.24, 2.45) is 5.92 Å². The lowest BCUT2D eigenvalue weighted by Crippen LogP contribution is -2.51. The Morgan fingerprint density at radius 1 is 1.33 bits per heavy atom. The van der Waals surface area contributed by atoms with Gasteiger partial charge in [-0.1, -0.05) is 27.2 Å². The van der Waals surface area contributed by atoms with Gasteiger partial charge in [-0.2, -0.15) is 0 Å². The summed E-state index contributed by atoms with van der Waals surface area (Å²) in [4.78, 5) is 2.64. The molecule has 1 N–H and O–H groups in total. The number of nitrogens with one attached hydrogen (secondary N) is 1. The van der Waals surface area contributed by atoms with Crippen LogP contribution in [-0.4, -0.2) is 50.3 Å². The van der Waals surface area contributed by atoms with Gasteiger partial charge in [0.2, 0.25) is 0 Å². The summed E-state index contributed by atoms with van der Waals surface area (Å²) in [7, 11) is 1.86. The van der Waals surface area contributed by atoms with Crippen molar-refractivity contribution in [1.82, 2.24) is 10.2 Å². The zero-order valence-corrected chi connectivity index (χ0v) is 12.7. The van der Waals surface area contributed by atoms with Crippen LogP contribution in [0.5, 0.6) is 0 Å². The molecule has 0 spiro atoms. The highest BCUT2D eigenvalue weighted by molar-refractivity contribution is 4.84. The second-order valence-corrected chi connectivity index (χ2v) is 5.68. The quantitative estimate of drug-likeness (QED) is 0.675. The SMILES string of the molecule is CCCNCC(CCC)N1CCC(C)C(OC)C1. The molecule has 0 radical (unpaired) electrons. The predicted molar refractivity (Wildman–Crippen MR) is 78.0 cm³/mol. The van der Waals surface area contributed by atoms with Crippen molar-refractivity contribution in [2.45, 2.75) is 58.6 Å². The highest BCUT2D eigenvalue weighted by atomic mass is 16.5. The van der Waals surface area contributed by atoms with Crippen LogP contribution in [0, 0.1) is 5.92 Å². The molecule has 1 fully saturated rings. The van der Waals surface area contributed by atoms with Crippen molar-refractivity contribution >= 4 is 0 Å². The molecule has 1 saturated heterocycles. The van der Waals surface area contributed by atoms with E-state index in [1.807, 2.05) is 7.11 Å². The molecule has 0 amide bonds. The lowest BCUT2D eigenvalue weighted by Gasteiger charge is -2.41. The van der Waals surface area contributed by atoms with Gasteiger partial charge in [-0.25, -0.2) is 0 Å². The van der Waals surface area contributed by atoms with Crippen molar-refractivity contribution in [3.8, 4) is 0 Å². The number of hydrogen-bond donors (Lipinski definition) is 1. The van der Waals surface area contributed by atoms with Crippen molar-refractivity contribution in [2.75, 3.05) is 33.3 Å². The summed E-state index contributed by atoms with van der Waals surface area (Å²) in [6, 6.07) is 0.687. The monoisotopic (exact) mass is 256 g/mol. The molecule has 1 heterocycles. The predicted octanol–water partition coefficient (Wildman–Crippen LogP) is 2.51. The molecule has 0 saturated carbocycles. The molecule has 1 aliphatic rings. The van der Waals surface area contributed by atoms with Crippen LogP contribution in [0.2, 0.25) is 0 Å². The number of piperidine rings is 1. The summed E-state index contributed by atoms with van der Waals surface area (Å²) in [6.45, 7) is 11.4. The summed E-state index contributed by atoms with van der Waals surface area (Å²) < 4.78 is 5.63. The highest BCUT2D eigenvalue weighted by Crippen LogP contribution is 2.22. The third kappa shape index (κ3) is 4.87. The number of ether oxygens (including phenoxy) is 1. The van der Waals surface area contributed by atoms with Crippen LogP contribution in [0.15, 0.2) is 0 Å². The summed E-state index contributed by atoms with van der Waals surface area (Å²) >= 11 is 0. The molecule has 0 aromatic carbocycles. The Bertz CT molecular complexity index is 211. The average molecular weight is 256 g/mol. The largest absolute Gasteiger partial charge is 0.380 e. The fourth-order valence-electron chi connectivity index (χ4n) is 2.89. The van der Waals surface area contributed by atoms with E-state index in [0.717, 1.165) is 19.6 Å². The van der Waals surface area contributed by atoms with E-state index in [2.05, 4.69) is 31.0 Å². The van der Waals surface area contributed by atoms with E-state index in [1.54, 1.807) is 0 Å². The first-order chi connectivity index (χ1) is 8.72. The summed E-state index contributed by atoms with van der Waals surface area (Å²) in [5.41, 5.74) is 0. The Hall–Kier alpha value is -0.120. The second-order valence-electron chi connectivity index (χ2n) is 5.68. The van der Waals surface area contributed by atoms with Crippen LogP contribution < -0.4 is 5.32 Å². The number of rotatable bonds is 8. The van der Waals surface area contributed by atoms with Crippen LogP contribution in [-0.2, 0) is 4.74 Å². The zero-order valence-electron chi connectivity index (χ0n) is 12.7. The fraction of sp³-hybridized carbons (Fsp3) is 1.00. The summed E-state index contributed by atoms with van der Waals surface area (Å²) in [5.74, 6) is 0.706. The van der Waals surface area contributed by atoms with Gasteiger partial charge in [0, 0.05) is 26.2 Å². The topological polar surface area (TPSA) is 24.5 Å². The summed E-state index contributed by atoms with van der Waals surface area (Å²) in [6.07, 6.45) is 5.47. The molecule has 3 atom stereocenters. The van der Waals surface area contributed by atoms with Gasteiger partial charge < -0.3 is 10.1 Å². The van der Waals surface area contributed by atoms with Gasteiger partial charge in [-0.3, -0.25) is 4.90 Å². The van der Waals surface area contributed by atoms with E-state index >= 15 is 0 Å². The fourth-order valence-corrected chi connectivity index (χ4v) is 2.89. The highest BCUT2D eigenvalue weighted by Gasteiger charge is 2.29. The molecule has 3 heteroatoms. The standard InChI is InChI=1S/C15H32N2O/c1-5-7-14(11-16-9-6-2)17-10-8-13(3)15(12-17)18-4/h13-16H,5-12H2,1-4H3. The van der Waals surface area contributed by atoms with Crippen LogP contribution in [0.1, 0.15) is 46.5 Å². The molecule has 18 heavy (non-hydrogen) atoms. The van der Waals surface area contributed by atoms with E-state index in [0.29, 0.717) is 18.1 Å². The molecule has 3 unspecified atom stereocenters. The third-order valence-corrected chi connectivity index (χ3v) is 4.17. The maximum Gasteiger partial charge on any atom is 0.0724 e. The van der Waals surface area contributed by atoms with E-state index in [9.17, 15) is 0 Å². The van der Waals surface area contributed by atoms with Gasteiger partial charge in [-0.05, 0) is 38.3 Å². The number of likely N-dealkylation sites (tertiary alicyclic amines) is 1. The first kappa shape index (κ1) is 15.9. The van der Waals surface area contributed by atoms with Gasteiger partial charge >= 0.3 is 0 Å². The van der Waals surface area contributed by atoms with Gasteiger partial charge in [0.05, 0.1) is 6.10 Å². The Balaban J connectivity index is 2.45. The van der Waals surface area contributed by atoms with Crippen molar-refractivity contribution in [1.29, 1.82) is 0 Å². The van der Waals surface area contributed by atoms with Crippen LogP contribution >= 0.6 is 0 Å². The normalized spacial score (nSPS) is 27.3. The van der Waals surface area contributed by atoms with Crippen LogP contribution in [0.4, 0.5) is 0 Å². The number of methoxy groups -OCH3 is 1. The van der Waals surface area contributed by atoms with Crippen molar-refractivity contribution in [3.63, 3.8) is 0 Å². The number of hydrogen-bond acceptors (Lipinski definition) is 3. The van der Waals surface area contributed by atoms with E-state index in [4.69, 9.17) is 4.74 Å². The molecule has 1 aliphatic heterocycles. The molecule has 1 rings (SSSR count). The molecular weight excluding hydrogens is 224 g/mol.